The van der Waals surface area contributed by atoms with Gasteiger partial charge in [-0.3, -0.25) is 14.4 Å². The number of esters is 1. The Morgan fingerprint density at radius 3 is 2.77 bits per heavy atom. The number of aromatic nitrogens is 3. The summed E-state index contributed by atoms with van der Waals surface area (Å²) in [6.45, 7) is -0.0590. The van der Waals surface area contributed by atoms with E-state index in [0.29, 0.717) is 10.4 Å². The van der Waals surface area contributed by atoms with Gasteiger partial charge in [0.15, 0.2) is 11.6 Å². The SMILES string of the molecule is COC(=O)C[C@@H](NC(=O)c1cccn(Cc2ccc(F)c(F)c2)c1=O)c1ccc(-c2c[nH]c3ncccc23)s1. The Balaban J connectivity index is 1.41. The van der Waals surface area contributed by atoms with Gasteiger partial charge in [-0.05, 0) is 54.1 Å². The van der Waals surface area contributed by atoms with Crippen molar-refractivity contribution in [2.45, 2.75) is 19.0 Å². The zero-order chi connectivity index (χ0) is 27.5. The summed E-state index contributed by atoms with van der Waals surface area (Å²) in [7, 11) is 1.26. The van der Waals surface area contributed by atoms with Crippen molar-refractivity contribution in [3.05, 3.63) is 111 Å². The molecule has 0 saturated carbocycles. The van der Waals surface area contributed by atoms with Gasteiger partial charge in [0, 0.05) is 39.3 Å². The number of pyridine rings is 2. The van der Waals surface area contributed by atoms with E-state index in [1.807, 2.05) is 30.5 Å². The number of rotatable bonds is 8. The molecule has 11 heteroatoms. The Morgan fingerprint density at radius 1 is 1.13 bits per heavy atom. The predicted octanol–water partition coefficient (Wildman–Crippen LogP) is 4.81. The first-order valence-corrected chi connectivity index (χ1v) is 12.7. The molecule has 5 rings (SSSR count). The number of aromatic amines is 1. The van der Waals surface area contributed by atoms with E-state index in [2.05, 4.69) is 15.3 Å². The predicted molar refractivity (Wildman–Crippen MR) is 142 cm³/mol. The molecule has 8 nitrogen and oxygen atoms in total. The summed E-state index contributed by atoms with van der Waals surface area (Å²) >= 11 is 1.40. The highest BCUT2D eigenvalue weighted by Gasteiger charge is 2.24. The van der Waals surface area contributed by atoms with E-state index in [1.54, 1.807) is 6.20 Å². The Hall–Kier alpha value is -4.64. The minimum Gasteiger partial charge on any atom is -0.469 e. The lowest BCUT2D eigenvalue weighted by Gasteiger charge is -2.17. The second kappa shape index (κ2) is 11.0. The number of methoxy groups -OCH3 is 1. The van der Waals surface area contributed by atoms with Crippen LogP contribution in [0.5, 0.6) is 0 Å². The molecular weight excluding hydrogens is 526 g/mol. The van der Waals surface area contributed by atoms with Gasteiger partial charge >= 0.3 is 5.97 Å². The molecule has 0 unspecified atom stereocenters. The zero-order valence-electron chi connectivity index (χ0n) is 20.6. The minimum atomic E-state index is -1.03. The van der Waals surface area contributed by atoms with E-state index in [4.69, 9.17) is 4.74 Å². The molecule has 39 heavy (non-hydrogen) atoms. The number of thiophene rings is 1. The van der Waals surface area contributed by atoms with Crippen LogP contribution in [-0.4, -0.2) is 33.5 Å². The summed E-state index contributed by atoms with van der Waals surface area (Å²) in [5, 5.41) is 3.72. The highest BCUT2D eigenvalue weighted by molar-refractivity contribution is 7.15. The van der Waals surface area contributed by atoms with Crippen LogP contribution in [0.25, 0.3) is 21.5 Å². The number of amides is 1. The summed E-state index contributed by atoms with van der Waals surface area (Å²) in [5.74, 6) is -3.23. The van der Waals surface area contributed by atoms with Gasteiger partial charge in [-0.1, -0.05) is 6.07 Å². The fraction of sp³-hybridized carbons (Fsp3) is 0.143. The molecule has 1 aromatic carbocycles. The van der Waals surface area contributed by atoms with Crippen LogP contribution in [0, 0.1) is 11.6 Å². The highest BCUT2D eigenvalue weighted by Crippen LogP contribution is 2.36. The summed E-state index contributed by atoms with van der Waals surface area (Å²) in [6.07, 6.45) is 4.85. The quantitative estimate of drug-likeness (QED) is 0.271. The number of fused-ring (bicyclic) bond motifs is 1. The molecule has 0 aliphatic carbocycles. The molecule has 1 atom stereocenters. The average Bonchev–Trinajstić information content (AvgIpc) is 3.59. The van der Waals surface area contributed by atoms with Crippen molar-refractivity contribution >= 4 is 34.2 Å². The van der Waals surface area contributed by atoms with Crippen molar-refractivity contribution in [2.24, 2.45) is 0 Å². The van der Waals surface area contributed by atoms with Crippen molar-refractivity contribution in [3.8, 4) is 10.4 Å². The fourth-order valence-electron chi connectivity index (χ4n) is 4.22. The molecule has 0 bridgehead atoms. The molecule has 5 aromatic rings. The molecule has 0 radical (unpaired) electrons. The van der Waals surface area contributed by atoms with E-state index in [-0.39, 0.29) is 18.5 Å². The number of hydrogen-bond acceptors (Lipinski definition) is 6. The van der Waals surface area contributed by atoms with Gasteiger partial charge in [0.05, 0.1) is 26.1 Å². The van der Waals surface area contributed by atoms with E-state index in [9.17, 15) is 23.2 Å². The van der Waals surface area contributed by atoms with E-state index in [0.717, 1.165) is 33.6 Å². The standard InChI is InChI=1S/C28H22F2N4O4S/c1-38-25(35)13-22(24-9-8-23(39-24)19-14-32-26-17(19)4-2-10-31-26)33-27(36)18-5-3-11-34(28(18)37)15-16-6-7-20(29)21(30)12-16/h2-12,14,22H,13,15H2,1H3,(H,31,32)(H,33,36)/t22-/m1/s1. The lowest BCUT2D eigenvalue weighted by atomic mass is 10.1. The number of carbonyl (C=O) groups is 2. The van der Waals surface area contributed by atoms with Crippen molar-refractivity contribution in [1.82, 2.24) is 19.9 Å². The summed E-state index contributed by atoms with van der Waals surface area (Å²) in [5.41, 5.74) is 1.26. The summed E-state index contributed by atoms with van der Waals surface area (Å²) in [4.78, 5) is 47.6. The Labute approximate surface area is 224 Å². The van der Waals surface area contributed by atoms with Crippen LogP contribution in [-0.2, 0) is 16.1 Å². The monoisotopic (exact) mass is 548 g/mol. The number of halogens is 2. The third-order valence-electron chi connectivity index (χ3n) is 6.19. The number of ether oxygens (including phenoxy) is 1. The molecule has 1 amide bonds. The zero-order valence-corrected chi connectivity index (χ0v) is 21.4. The van der Waals surface area contributed by atoms with E-state index in [1.165, 1.54) is 47.4 Å². The molecule has 0 aliphatic rings. The number of nitrogens with one attached hydrogen (secondary N) is 2. The van der Waals surface area contributed by atoms with Crippen LogP contribution in [0.15, 0.2) is 78.0 Å². The van der Waals surface area contributed by atoms with Crippen LogP contribution < -0.4 is 10.9 Å². The third kappa shape index (κ3) is 5.48. The largest absolute Gasteiger partial charge is 0.469 e. The maximum absolute atomic E-state index is 13.6. The van der Waals surface area contributed by atoms with Crippen molar-refractivity contribution < 1.29 is 23.1 Å². The molecule has 0 saturated heterocycles. The Bertz CT molecular complexity index is 1740. The maximum atomic E-state index is 13.6. The normalized spacial score (nSPS) is 11.9. The topological polar surface area (TPSA) is 106 Å². The number of hydrogen-bond donors (Lipinski definition) is 2. The Kier molecular flexibility index (Phi) is 7.33. The van der Waals surface area contributed by atoms with E-state index < -0.39 is 35.1 Å². The molecule has 0 aliphatic heterocycles. The van der Waals surface area contributed by atoms with Gasteiger partial charge in [0.25, 0.3) is 11.5 Å². The van der Waals surface area contributed by atoms with Gasteiger partial charge in [0.2, 0.25) is 0 Å². The highest BCUT2D eigenvalue weighted by atomic mass is 32.1. The molecular formula is C28H22F2N4O4S. The second-order valence-corrected chi connectivity index (χ2v) is 9.83. The van der Waals surface area contributed by atoms with Gasteiger partial charge in [-0.2, -0.15) is 0 Å². The van der Waals surface area contributed by atoms with Crippen LogP contribution in [0.4, 0.5) is 8.78 Å². The Morgan fingerprint density at radius 2 is 1.97 bits per heavy atom. The van der Waals surface area contributed by atoms with Gasteiger partial charge in [-0.15, -0.1) is 11.3 Å². The molecule has 0 fully saturated rings. The summed E-state index contributed by atoms with van der Waals surface area (Å²) in [6, 6.07) is 13.0. The molecule has 4 aromatic heterocycles. The van der Waals surface area contributed by atoms with E-state index >= 15 is 0 Å². The first kappa shape index (κ1) is 26.0. The van der Waals surface area contributed by atoms with Crippen LogP contribution >= 0.6 is 11.3 Å². The number of nitrogens with zero attached hydrogens (tertiary/aromatic N) is 2. The van der Waals surface area contributed by atoms with Crippen molar-refractivity contribution in [2.75, 3.05) is 7.11 Å². The second-order valence-electron chi connectivity index (χ2n) is 8.71. The third-order valence-corrected chi connectivity index (χ3v) is 7.42. The molecule has 0 spiro atoms. The summed E-state index contributed by atoms with van der Waals surface area (Å²) < 4.78 is 33.0. The smallest absolute Gasteiger partial charge is 0.307 e. The van der Waals surface area contributed by atoms with Gasteiger partial charge < -0.3 is 19.6 Å². The van der Waals surface area contributed by atoms with Crippen LogP contribution in [0.3, 0.4) is 0 Å². The van der Waals surface area contributed by atoms with Crippen molar-refractivity contribution in [3.63, 3.8) is 0 Å². The minimum absolute atomic E-state index is 0.0590. The van der Waals surface area contributed by atoms with Gasteiger partial charge in [-0.25, -0.2) is 13.8 Å². The lowest BCUT2D eigenvalue weighted by Crippen LogP contribution is -2.35. The average molecular weight is 549 g/mol. The first-order chi connectivity index (χ1) is 18.8. The van der Waals surface area contributed by atoms with Crippen LogP contribution in [0.2, 0.25) is 0 Å². The molecule has 2 N–H and O–H groups in total. The first-order valence-electron chi connectivity index (χ1n) is 11.9. The molecule has 198 valence electrons. The van der Waals surface area contributed by atoms with Crippen LogP contribution in [0.1, 0.15) is 33.3 Å². The number of H-pyrrole nitrogens is 1. The van der Waals surface area contributed by atoms with Crippen molar-refractivity contribution in [1.29, 1.82) is 0 Å². The number of carbonyl (C=O) groups excluding carboxylic acids is 2. The fourth-order valence-corrected chi connectivity index (χ4v) is 5.31. The number of benzene rings is 1. The van der Waals surface area contributed by atoms with Gasteiger partial charge in [0.1, 0.15) is 11.2 Å². The maximum Gasteiger partial charge on any atom is 0.307 e. The molecule has 4 heterocycles. The lowest BCUT2D eigenvalue weighted by molar-refractivity contribution is -0.141.